The van der Waals surface area contributed by atoms with Crippen LogP contribution in [0.3, 0.4) is 0 Å². The average Bonchev–Trinajstić information content (AvgIpc) is 2.71. The number of ether oxygens (including phenoxy) is 3. The Balaban J connectivity index is 2.02. The van der Waals surface area contributed by atoms with E-state index in [2.05, 4.69) is 10.9 Å². The van der Waals surface area contributed by atoms with E-state index in [9.17, 15) is 9.59 Å². The molecule has 2 rings (SSSR count). The minimum absolute atomic E-state index is 0.00141. The first-order valence-corrected chi connectivity index (χ1v) is 8.50. The van der Waals surface area contributed by atoms with E-state index in [-0.39, 0.29) is 18.2 Å². The van der Waals surface area contributed by atoms with Crippen molar-refractivity contribution in [2.24, 2.45) is 0 Å². The van der Waals surface area contributed by atoms with E-state index in [0.29, 0.717) is 28.4 Å². The fourth-order valence-corrected chi connectivity index (χ4v) is 2.61. The molecule has 0 saturated heterocycles. The van der Waals surface area contributed by atoms with Gasteiger partial charge in [0.25, 0.3) is 5.91 Å². The van der Waals surface area contributed by atoms with E-state index < -0.39 is 0 Å². The SMILES string of the molecule is CCc1ccc(C(=O)NNC(=O)Cc2ccc(OC)c(OC)c2OC)cc1. The van der Waals surface area contributed by atoms with Crippen LogP contribution >= 0.6 is 0 Å². The highest BCUT2D eigenvalue weighted by molar-refractivity contribution is 5.95. The summed E-state index contributed by atoms with van der Waals surface area (Å²) in [6.07, 6.45) is 0.893. The van der Waals surface area contributed by atoms with Gasteiger partial charge in [-0.15, -0.1) is 0 Å². The number of nitrogens with one attached hydrogen (secondary N) is 2. The molecule has 0 heterocycles. The predicted octanol–water partition coefficient (Wildman–Crippen LogP) is 2.28. The number of rotatable bonds is 7. The Labute approximate surface area is 158 Å². The first kappa shape index (κ1) is 20.1. The molecule has 7 nitrogen and oxygen atoms in total. The van der Waals surface area contributed by atoms with E-state index >= 15 is 0 Å². The van der Waals surface area contributed by atoms with Gasteiger partial charge < -0.3 is 14.2 Å². The third kappa shape index (κ3) is 4.91. The van der Waals surface area contributed by atoms with Crippen LogP contribution in [-0.4, -0.2) is 33.1 Å². The highest BCUT2D eigenvalue weighted by Crippen LogP contribution is 2.39. The van der Waals surface area contributed by atoms with E-state index in [4.69, 9.17) is 14.2 Å². The Bertz CT molecular complexity index is 803. The van der Waals surface area contributed by atoms with Crippen molar-refractivity contribution in [3.63, 3.8) is 0 Å². The van der Waals surface area contributed by atoms with Gasteiger partial charge in [0, 0.05) is 11.1 Å². The molecule has 0 saturated carbocycles. The molecule has 0 aliphatic carbocycles. The maximum absolute atomic E-state index is 12.2. The van der Waals surface area contributed by atoms with Crippen molar-refractivity contribution in [1.82, 2.24) is 10.9 Å². The number of carbonyl (C=O) groups excluding carboxylic acids is 2. The van der Waals surface area contributed by atoms with Crippen molar-refractivity contribution in [2.45, 2.75) is 19.8 Å². The number of aryl methyl sites for hydroxylation is 1. The molecular weight excluding hydrogens is 348 g/mol. The molecular formula is C20H24N2O5. The normalized spacial score (nSPS) is 10.1. The Morgan fingerprint density at radius 2 is 1.52 bits per heavy atom. The van der Waals surface area contributed by atoms with Crippen molar-refractivity contribution in [3.05, 3.63) is 53.1 Å². The monoisotopic (exact) mass is 372 g/mol. The number of hydrazine groups is 1. The maximum Gasteiger partial charge on any atom is 0.269 e. The summed E-state index contributed by atoms with van der Waals surface area (Å²) in [6, 6.07) is 10.6. The van der Waals surface area contributed by atoms with Gasteiger partial charge in [-0.2, -0.15) is 0 Å². The predicted molar refractivity (Wildman–Crippen MR) is 101 cm³/mol. The van der Waals surface area contributed by atoms with E-state index in [1.54, 1.807) is 24.3 Å². The molecule has 0 aliphatic heterocycles. The highest BCUT2D eigenvalue weighted by Gasteiger charge is 2.18. The number of carbonyl (C=O) groups is 2. The smallest absolute Gasteiger partial charge is 0.269 e. The first-order chi connectivity index (χ1) is 13.0. The largest absolute Gasteiger partial charge is 0.493 e. The van der Waals surface area contributed by atoms with Crippen molar-refractivity contribution < 1.29 is 23.8 Å². The molecule has 0 bridgehead atoms. The van der Waals surface area contributed by atoms with Crippen LogP contribution in [0.5, 0.6) is 17.2 Å². The van der Waals surface area contributed by atoms with Gasteiger partial charge in [0.1, 0.15) is 0 Å². The summed E-state index contributed by atoms with van der Waals surface area (Å²) in [5, 5.41) is 0. The number of methoxy groups -OCH3 is 3. The molecule has 0 fully saturated rings. The lowest BCUT2D eigenvalue weighted by molar-refractivity contribution is -0.121. The molecule has 0 aromatic heterocycles. The molecule has 2 aromatic rings. The van der Waals surface area contributed by atoms with Crippen molar-refractivity contribution in [3.8, 4) is 17.2 Å². The van der Waals surface area contributed by atoms with Gasteiger partial charge in [-0.05, 0) is 30.2 Å². The summed E-state index contributed by atoms with van der Waals surface area (Å²) in [6.45, 7) is 2.04. The summed E-state index contributed by atoms with van der Waals surface area (Å²) < 4.78 is 15.9. The molecule has 7 heteroatoms. The lowest BCUT2D eigenvalue weighted by atomic mass is 10.1. The number of hydrogen-bond acceptors (Lipinski definition) is 5. The lowest BCUT2D eigenvalue weighted by Crippen LogP contribution is -2.42. The van der Waals surface area contributed by atoms with Crippen LogP contribution < -0.4 is 25.1 Å². The quantitative estimate of drug-likeness (QED) is 0.729. The van der Waals surface area contributed by atoms with Crippen LogP contribution in [0.2, 0.25) is 0 Å². The van der Waals surface area contributed by atoms with Gasteiger partial charge in [0.05, 0.1) is 27.8 Å². The van der Waals surface area contributed by atoms with Crippen LogP contribution in [-0.2, 0) is 17.6 Å². The van der Waals surface area contributed by atoms with Gasteiger partial charge in [0.2, 0.25) is 11.7 Å². The zero-order valence-corrected chi connectivity index (χ0v) is 15.9. The van der Waals surface area contributed by atoms with Crippen LogP contribution in [0.15, 0.2) is 36.4 Å². The number of hydrogen-bond donors (Lipinski definition) is 2. The molecule has 0 radical (unpaired) electrons. The van der Waals surface area contributed by atoms with Gasteiger partial charge in [-0.3, -0.25) is 20.4 Å². The van der Waals surface area contributed by atoms with E-state index in [1.807, 2.05) is 19.1 Å². The van der Waals surface area contributed by atoms with Crippen molar-refractivity contribution >= 4 is 11.8 Å². The zero-order valence-electron chi connectivity index (χ0n) is 15.9. The summed E-state index contributed by atoms with van der Waals surface area (Å²) in [5.74, 6) is 0.547. The summed E-state index contributed by atoms with van der Waals surface area (Å²) in [7, 11) is 4.50. The summed E-state index contributed by atoms with van der Waals surface area (Å²) >= 11 is 0. The van der Waals surface area contributed by atoms with E-state index in [0.717, 1.165) is 12.0 Å². The molecule has 0 spiro atoms. The van der Waals surface area contributed by atoms with E-state index in [1.165, 1.54) is 21.3 Å². The Hall–Kier alpha value is -3.22. The van der Waals surface area contributed by atoms with Crippen LogP contribution in [0.1, 0.15) is 28.4 Å². The van der Waals surface area contributed by atoms with Crippen LogP contribution in [0.4, 0.5) is 0 Å². The van der Waals surface area contributed by atoms with Gasteiger partial charge in [-0.25, -0.2) is 0 Å². The molecule has 0 atom stereocenters. The summed E-state index contributed by atoms with van der Waals surface area (Å²) in [5.41, 5.74) is 7.03. The standard InChI is InChI=1S/C20H24N2O5/c1-5-13-6-8-14(9-7-13)20(24)22-21-17(23)12-15-10-11-16(25-2)19(27-4)18(15)26-3/h6-11H,5,12H2,1-4H3,(H,21,23)(H,22,24). The van der Waals surface area contributed by atoms with Gasteiger partial charge in [-0.1, -0.05) is 25.1 Å². The zero-order chi connectivity index (χ0) is 19.8. The molecule has 2 N–H and O–H groups in total. The Kier molecular flexibility index (Phi) is 7.05. The minimum Gasteiger partial charge on any atom is -0.493 e. The lowest BCUT2D eigenvalue weighted by Gasteiger charge is -2.15. The molecule has 2 amide bonds. The molecule has 27 heavy (non-hydrogen) atoms. The second kappa shape index (κ2) is 9.47. The second-order valence-corrected chi connectivity index (χ2v) is 5.72. The van der Waals surface area contributed by atoms with Crippen molar-refractivity contribution in [2.75, 3.05) is 21.3 Å². The molecule has 144 valence electrons. The fraction of sp³-hybridized carbons (Fsp3) is 0.300. The minimum atomic E-state index is -0.390. The third-order valence-electron chi connectivity index (χ3n) is 4.08. The van der Waals surface area contributed by atoms with Gasteiger partial charge in [0.15, 0.2) is 11.5 Å². The van der Waals surface area contributed by atoms with Crippen molar-refractivity contribution in [1.29, 1.82) is 0 Å². The third-order valence-corrected chi connectivity index (χ3v) is 4.08. The Morgan fingerprint density at radius 1 is 0.852 bits per heavy atom. The number of benzene rings is 2. The molecule has 0 aliphatic rings. The Morgan fingerprint density at radius 3 is 2.07 bits per heavy atom. The molecule has 0 unspecified atom stereocenters. The molecule has 2 aromatic carbocycles. The first-order valence-electron chi connectivity index (χ1n) is 8.50. The van der Waals surface area contributed by atoms with Gasteiger partial charge >= 0.3 is 0 Å². The summed E-state index contributed by atoms with van der Waals surface area (Å²) in [4.78, 5) is 24.3. The fourth-order valence-electron chi connectivity index (χ4n) is 2.61. The number of amides is 2. The topological polar surface area (TPSA) is 85.9 Å². The van der Waals surface area contributed by atoms with Crippen LogP contribution in [0, 0.1) is 0 Å². The maximum atomic E-state index is 12.2. The van der Waals surface area contributed by atoms with Crippen LogP contribution in [0.25, 0.3) is 0 Å². The highest BCUT2D eigenvalue weighted by atomic mass is 16.5. The second-order valence-electron chi connectivity index (χ2n) is 5.72. The average molecular weight is 372 g/mol.